The molecule has 0 aliphatic heterocycles. The second kappa shape index (κ2) is 5.43. The van der Waals surface area contributed by atoms with Crippen LogP contribution in [0, 0.1) is 0 Å². The van der Waals surface area contributed by atoms with Crippen LogP contribution < -0.4 is 10.5 Å². The SMILES string of the molecule is CCOC(=O)c1[nH]c2ccccc2c1OCC(N)=O. The van der Waals surface area contributed by atoms with Gasteiger partial charge < -0.3 is 20.2 Å². The summed E-state index contributed by atoms with van der Waals surface area (Å²) in [6.07, 6.45) is 0. The van der Waals surface area contributed by atoms with Crippen molar-refractivity contribution in [1.82, 2.24) is 4.98 Å². The number of aromatic nitrogens is 1. The van der Waals surface area contributed by atoms with Gasteiger partial charge in [-0.25, -0.2) is 4.79 Å². The van der Waals surface area contributed by atoms with Crippen molar-refractivity contribution in [2.24, 2.45) is 5.73 Å². The Morgan fingerprint density at radius 1 is 1.32 bits per heavy atom. The average molecular weight is 262 g/mol. The summed E-state index contributed by atoms with van der Waals surface area (Å²) in [5.74, 6) is -0.855. The van der Waals surface area contributed by atoms with Gasteiger partial charge in [0, 0.05) is 10.9 Å². The minimum Gasteiger partial charge on any atom is -0.481 e. The fourth-order valence-electron chi connectivity index (χ4n) is 1.76. The van der Waals surface area contributed by atoms with E-state index in [1.807, 2.05) is 12.1 Å². The summed E-state index contributed by atoms with van der Waals surface area (Å²) in [4.78, 5) is 25.6. The molecule has 0 aliphatic carbocycles. The van der Waals surface area contributed by atoms with Gasteiger partial charge >= 0.3 is 5.97 Å². The Balaban J connectivity index is 2.45. The van der Waals surface area contributed by atoms with Crippen molar-refractivity contribution in [3.05, 3.63) is 30.0 Å². The topological polar surface area (TPSA) is 94.4 Å². The number of hydrogen-bond donors (Lipinski definition) is 2. The summed E-state index contributed by atoms with van der Waals surface area (Å²) in [6.45, 7) is 1.67. The average Bonchev–Trinajstić information content (AvgIpc) is 2.75. The Bertz CT molecular complexity index is 618. The highest BCUT2D eigenvalue weighted by Crippen LogP contribution is 2.30. The second-order valence-corrected chi connectivity index (χ2v) is 3.85. The zero-order valence-corrected chi connectivity index (χ0v) is 10.4. The lowest BCUT2D eigenvalue weighted by Gasteiger charge is -2.05. The number of primary amides is 1. The summed E-state index contributed by atoms with van der Waals surface area (Å²) < 4.78 is 10.3. The fraction of sp³-hybridized carbons (Fsp3) is 0.231. The van der Waals surface area contributed by atoms with Crippen LogP contribution in [0.2, 0.25) is 0 Å². The highest BCUT2D eigenvalue weighted by molar-refractivity contribution is 6.01. The van der Waals surface area contributed by atoms with Gasteiger partial charge in [-0.15, -0.1) is 0 Å². The number of amides is 1. The molecule has 0 saturated heterocycles. The van der Waals surface area contributed by atoms with Crippen molar-refractivity contribution in [3.63, 3.8) is 0 Å². The Labute approximate surface area is 109 Å². The van der Waals surface area contributed by atoms with E-state index in [-0.39, 0.29) is 24.7 Å². The number of nitrogens with two attached hydrogens (primary N) is 1. The Morgan fingerprint density at radius 2 is 2.05 bits per heavy atom. The molecule has 0 radical (unpaired) electrons. The monoisotopic (exact) mass is 262 g/mol. The van der Waals surface area contributed by atoms with E-state index < -0.39 is 11.9 Å². The molecule has 1 aromatic heterocycles. The molecule has 0 aliphatic rings. The molecule has 3 N–H and O–H groups in total. The number of carbonyl (C=O) groups is 2. The first-order valence-corrected chi connectivity index (χ1v) is 5.82. The van der Waals surface area contributed by atoms with Gasteiger partial charge in [0.15, 0.2) is 18.1 Å². The van der Waals surface area contributed by atoms with E-state index >= 15 is 0 Å². The number of ether oxygens (including phenoxy) is 2. The van der Waals surface area contributed by atoms with Crippen LogP contribution in [0.5, 0.6) is 5.75 Å². The van der Waals surface area contributed by atoms with Crippen LogP contribution in [-0.2, 0) is 9.53 Å². The van der Waals surface area contributed by atoms with Gasteiger partial charge in [-0.2, -0.15) is 0 Å². The number of esters is 1. The molecule has 0 unspecified atom stereocenters. The van der Waals surface area contributed by atoms with Gasteiger partial charge in [0.25, 0.3) is 5.91 Å². The Kier molecular flexibility index (Phi) is 3.70. The van der Waals surface area contributed by atoms with Crippen molar-refractivity contribution >= 4 is 22.8 Å². The summed E-state index contributed by atoms with van der Waals surface area (Å²) in [5, 5.41) is 0.701. The second-order valence-electron chi connectivity index (χ2n) is 3.85. The third-order valence-corrected chi connectivity index (χ3v) is 2.50. The third kappa shape index (κ3) is 2.67. The van der Waals surface area contributed by atoms with Crippen LogP contribution in [0.25, 0.3) is 10.9 Å². The summed E-state index contributed by atoms with van der Waals surface area (Å²) in [7, 11) is 0. The number of hydrogen-bond acceptors (Lipinski definition) is 4. The minimum atomic E-state index is -0.611. The first-order valence-electron chi connectivity index (χ1n) is 5.82. The number of para-hydroxylation sites is 1. The van der Waals surface area contributed by atoms with Crippen molar-refractivity contribution in [2.75, 3.05) is 13.2 Å². The predicted octanol–water partition coefficient (Wildman–Crippen LogP) is 1.21. The molecular weight excluding hydrogens is 248 g/mol. The van der Waals surface area contributed by atoms with E-state index in [1.54, 1.807) is 19.1 Å². The Hall–Kier alpha value is -2.50. The van der Waals surface area contributed by atoms with Gasteiger partial charge in [0.05, 0.1) is 6.61 Å². The molecule has 1 aromatic carbocycles. The lowest BCUT2D eigenvalue weighted by molar-refractivity contribution is -0.119. The predicted molar refractivity (Wildman–Crippen MR) is 68.9 cm³/mol. The summed E-state index contributed by atoms with van der Waals surface area (Å²) in [6, 6.07) is 7.22. The largest absolute Gasteiger partial charge is 0.481 e. The van der Waals surface area contributed by atoms with Crippen LogP contribution in [0.1, 0.15) is 17.4 Å². The number of carbonyl (C=O) groups excluding carboxylic acids is 2. The molecule has 0 bridgehead atoms. The quantitative estimate of drug-likeness (QED) is 0.792. The maximum atomic E-state index is 11.8. The number of fused-ring (bicyclic) bond motifs is 1. The van der Waals surface area contributed by atoms with Gasteiger partial charge in [0.2, 0.25) is 0 Å². The van der Waals surface area contributed by atoms with Crippen LogP contribution in [-0.4, -0.2) is 30.1 Å². The smallest absolute Gasteiger partial charge is 0.358 e. The normalized spacial score (nSPS) is 10.4. The highest BCUT2D eigenvalue weighted by atomic mass is 16.5. The van der Waals surface area contributed by atoms with Gasteiger partial charge in [0.1, 0.15) is 0 Å². The molecule has 100 valence electrons. The minimum absolute atomic E-state index is 0.185. The molecule has 0 spiro atoms. The molecule has 0 saturated carbocycles. The summed E-state index contributed by atoms with van der Waals surface area (Å²) in [5.41, 5.74) is 5.96. The van der Waals surface area contributed by atoms with Crippen LogP contribution in [0.3, 0.4) is 0 Å². The molecule has 6 heteroatoms. The standard InChI is InChI=1S/C13H14N2O4/c1-2-18-13(17)11-12(19-7-10(14)16)8-5-3-4-6-9(8)15-11/h3-6,15H,2,7H2,1H3,(H2,14,16). The molecule has 2 rings (SSSR count). The maximum absolute atomic E-state index is 11.8. The molecular formula is C13H14N2O4. The number of H-pyrrole nitrogens is 1. The van der Waals surface area contributed by atoms with Crippen LogP contribution >= 0.6 is 0 Å². The molecule has 2 aromatic rings. The third-order valence-electron chi connectivity index (χ3n) is 2.50. The molecule has 19 heavy (non-hydrogen) atoms. The van der Waals surface area contributed by atoms with Gasteiger partial charge in [-0.05, 0) is 19.1 Å². The molecule has 1 amide bonds. The van der Waals surface area contributed by atoms with Crippen LogP contribution in [0.15, 0.2) is 24.3 Å². The van der Waals surface area contributed by atoms with Crippen molar-refractivity contribution < 1.29 is 19.1 Å². The zero-order chi connectivity index (χ0) is 13.8. The van der Waals surface area contributed by atoms with E-state index in [0.29, 0.717) is 5.39 Å². The Morgan fingerprint density at radius 3 is 2.74 bits per heavy atom. The van der Waals surface area contributed by atoms with E-state index in [4.69, 9.17) is 15.2 Å². The fourth-order valence-corrected chi connectivity index (χ4v) is 1.76. The van der Waals surface area contributed by atoms with E-state index in [9.17, 15) is 9.59 Å². The van der Waals surface area contributed by atoms with E-state index in [0.717, 1.165) is 5.52 Å². The first-order chi connectivity index (χ1) is 9.13. The maximum Gasteiger partial charge on any atom is 0.358 e. The number of benzene rings is 1. The van der Waals surface area contributed by atoms with Crippen molar-refractivity contribution in [1.29, 1.82) is 0 Å². The number of nitrogens with one attached hydrogen (secondary N) is 1. The van der Waals surface area contributed by atoms with E-state index in [1.165, 1.54) is 0 Å². The van der Waals surface area contributed by atoms with Gasteiger partial charge in [-0.1, -0.05) is 12.1 Å². The lowest BCUT2D eigenvalue weighted by Crippen LogP contribution is -2.20. The number of rotatable bonds is 5. The molecule has 0 atom stereocenters. The zero-order valence-electron chi connectivity index (χ0n) is 10.4. The van der Waals surface area contributed by atoms with Crippen molar-refractivity contribution in [3.8, 4) is 5.75 Å². The summed E-state index contributed by atoms with van der Waals surface area (Å²) >= 11 is 0. The highest BCUT2D eigenvalue weighted by Gasteiger charge is 2.20. The van der Waals surface area contributed by atoms with E-state index in [2.05, 4.69) is 4.98 Å². The van der Waals surface area contributed by atoms with Crippen LogP contribution in [0.4, 0.5) is 0 Å². The molecule has 1 heterocycles. The number of aromatic amines is 1. The van der Waals surface area contributed by atoms with Gasteiger partial charge in [-0.3, -0.25) is 4.79 Å². The molecule has 6 nitrogen and oxygen atoms in total. The lowest BCUT2D eigenvalue weighted by atomic mass is 10.2. The van der Waals surface area contributed by atoms with Crippen molar-refractivity contribution in [2.45, 2.75) is 6.92 Å². The molecule has 0 fully saturated rings. The first kappa shape index (κ1) is 12.9.